The van der Waals surface area contributed by atoms with Gasteiger partial charge in [0.1, 0.15) is 17.3 Å². The first-order chi connectivity index (χ1) is 15.5. The van der Waals surface area contributed by atoms with Crippen molar-refractivity contribution in [1.29, 1.82) is 0 Å². The number of imide groups is 1. The number of piperazine rings is 1. The Morgan fingerprint density at radius 3 is 2.19 bits per heavy atom. The van der Waals surface area contributed by atoms with Crippen LogP contribution in [0.25, 0.3) is 5.57 Å². The molecule has 0 spiro atoms. The highest BCUT2D eigenvalue weighted by atomic mass is 19.1. The van der Waals surface area contributed by atoms with Gasteiger partial charge >= 0.3 is 0 Å². The van der Waals surface area contributed by atoms with Gasteiger partial charge in [0, 0.05) is 32.7 Å². The van der Waals surface area contributed by atoms with Gasteiger partial charge in [-0.15, -0.1) is 0 Å². The summed E-state index contributed by atoms with van der Waals surface area (Å²) in [6.07, 6.45) is 0. The average molecular weight is 439 g/mol. The lowest BCUT2D eigenvalue weighted by Gasteiger charge is -2.36. The number of ether oxygens (including phenoxy) is 1. The molecule has 2 aliphatic heterocycles. The van der Waals surface area contributed by atoms with Gasteiger partial charge in [-0.2, -0.15) is 0 Å². The summed E-state index contributed by atoms with van der Waals surface area (Å²) < 4.78 is 19.0. The van der Waals surface area contributed by atoms with E-state index in [9.17, 15) is 19.1 Å². The van der Waals surface area contributed by atoms with Gasteiger partial charge in [-0.05, 0) is 48.9 Å². The molecule has 0 atom stereocenters. The molecule has 0 aliphatic carbocycles. The second-order valence-corrected chi connectivity index (χ2v) is 7.66. The van der Waals surface area contributed by atoms with E-state index in [4.69, 9.17) is 4.74 Å². The molecule has 0 aromatic heterocycles. The Balaban J connectivity index is 1.69. The lowest BCUT2D eigenvalue weighted by Crippen LogP contribution is -2.48. The lowest BCUT2D eigenvalue weighted by atomic mass is 10.0. The Hall–Kier alpha value is -3.23. The molecule has 4 rings (SSSR count). The van der Waals surface area contributed by atoms with Crippen molar-refractivity contribution in [3.63, 3.8) is 0 Å². The molecule has 2 amide bonds. The Kier molecular flexibility index (Phi) is 6.53. The summed E-state index contributed by atoms with van der Waals surface area (Å²) in [4.78, 5) is 32.2. The third kappa shape index (κ3) is 4.24. The molecular weight excluding hydrogens is 413 g/mol. The number of β-amino-alcohol motifs (C(OH)–C–C–N with tert-alkyl or cyclic N) is 1. The maximum atomic E-state index is 13.5. The molecule has 1 saturated heterocycles. The number of halogens is 1. The molecule has 0 bridgehead atoms. The largest absolute Gasteiger partial charge is 0.494 e. The number of hydrogen-bond donors (Lipinski definition) is 1. The number of aliphatic hydroxyl groups is 1. The van der Waals surface area contributed by atoms with Crippen LogP contribution < -0.4 is 9.64 Å². The minimum Gasteiger partial charge on any atom is -0.494 e. The monoisotopic (exact) mass is 439 g/mol. The van der Waals surface area contributed by atoms with Gasteiger partial charge in [0.25, 0.3) is 11.8 Å². The number of amides is 2. The molecule has 0 radical (unpaired) electrons. The van der Waals surface area contributed by atoms with Crippen LogP contribution in [-0.4, -0.2) is 72.7 Å². The fourth-order valence-electron chi connectivity index (χ4n) is 4.12. The van der Waals surface area contributed by atoms with E-state index >= 15 is 0 Å². The van der Waals surface area contributed by atoms with Gasteiger partial charge < -0.3 is 14.7 Å². The molecule has 2 aliphatic rings. The van der Waals surface area contributed by atoms with Crippen molar-refractivity contribution < 1.29 is 23.8 Å². The average Bonchev–Trinajstić information content (AvgIpc) is 3.06. The van der Waals surface area contributed by atoms with Gasteiger partial charge in [-0.3, -0.25) is 14.5 Å². The highest BCUT2D eigenvalue weighted by Gasteiger charge is 2.43. The molecule has 2 aromatic rings. The zero-order chi connectivity index (χ0) is 22.7. The van der Waals surface area contributed by atoms with E-state index in [2.05, 4.69) is 4.90 Å². The zero-order valence-corrected chi connectivity index (χ0v) is 18.0. The fourth-order valence-corrected chi connectivity index (χ4v) is 4.12. The summed E-state index contributed by atoms with van der Waals surface area (Å²) in [5.74, 6) is -0.580. The Bertz CT molecular complexity index is 1010. The standard InChI is InChI=1S/C24H26FN3O4/c1-2-32-20-9-7-19(8-10-20)28-23(30)21(17-3-5-18(25)6-4-17)22(24(28)31)27-13-11-26(12-14-27)15-16-29/h3-10,29H,2,11-16H2,1H3. The number of anilines is 1. The van der Waals surface area contributed by atoms with Gasteiger partial charge in [0.2, 0.25) is 0 Å². The first-order valence-corrected chi connectivity index (χ1v) is 10.7. The van der Waals surface area contributed by atoms with E-state index in [-0.39, 0.29) is 12.2 Å². The second kappa shape index (κ2) is 9.50. The number of carbonyl (C=O) groups is 2. The molecule has 1 fully saturated rings. The van der Waals surface area contributed by atoms with Crippen LogP contribution in [0.4, 0.5) is 10.1 Å². The van der Waals surface area contributed by atoms with Crippen LogP contribution >= 0.6 is 0 Å². The first kappa shape index (κ1) is 22.0. The SMILES string of the molecule is CCOc1ccc(N2C(=O)C(c3ccc(F)cc3)=C(N3CCN(CCO)CC3)C2=O)cc1. The van der Waals surface area contributed by atoms with Crippen molar-refractivity contribution >= 4 is 23.1 Å². The van der Waals surface area contributed by atoms with Crippen molar-refractivity contribution in [2.75, 3.05) is 50.8 Å². The quantitative estimate of drug-likeness (QED) is 0.667. The topological polar surface area (TPSA) is 73.3 Å². The van der Waals surface area contributed by atoms with Crippen molar-refractivity contribution in [3.05, 3.63) is 65.6 Å². The third-order valence-corrected chi connectivity index (χ3v) is 5.70. The highest BCUT2D eigenvalue weighted by molar-refractivity contribution is 6.45. The van der Waals surface area contributed by atoms with Crippen molar-refractivity contribution in [2.24, 2.45) is 0 Å². The molecule has 1 N–H and O–H groups in total. The summed E-state index contributed by atoms with van der Waals surface area (Å²) in [7, 11) is 0. The van der Waals surface area contributed by atoms with Crippen LogP contribution in [-0.2, 0) is 9.59 Å². The van der Waals surface area contributed by atoms with Crippen molar-refractivity contribution in [3.8, 4) is 5.75 Å². The number of nitrogens with zero attached hydrogens (tertiary/aromatic N) is 3. The van der Waals surface area contributed by atoms with Crippen LogP contribution in [0.15, 0.2) is 54.2 Å². The predicted molar refractivity (Wildman–Crippen MR) is 119 cm³/mol. The zero-order valence-electron chi connectivity index (χ0n) is 18.0. The minimum absolute atomic E-state index is 0.0759. The van der Waals surface area contributed by atoms with E-state index < -0.39 is 17.6 Å². The summed E-state index contributed by atoms with van der Waals surface area (Å²) in [5.41, 5.74) is 1.57. The van der Waals surface area contributed by atoms with Gasteiger partial charge in [0.05, 0.1) is 24.5 Å². The molecule has 32 heavy (non-hydrogen) atoms. The second-order valence-electron chi connectivity index (χ2n) is 7.66. The van der Waals surface area contributed by atoms with Gasteiger partial charge in [-0.1, -0.05) is 12.1 Å². The van der Waals surface area contributed by atoms with Crippen LogP contribution in [0.5, 0.6) is 5.75 Å². The van der Waals surface area contributed by atoms with E-state index in [0.717, 1.165) is 0 Å². The van der Waals surface area contributed by atoms with Crippen LogP contribution in [0, 0.1) is 5.82 Å². The molecule has 2 aromatic carbocycles. The van der Waals surface area contributed by atoms with Gasteiger partial charge in [0.15, 0.2) is 0 Å². The van der Waals surface area contributed by atoms with Gasteiger partial charge in [-0.25, -0.2) is 9.29 Å². The molecule has 2 heterocycles. The predicted octanol–water partition coefficient (Wildman–Crippen LogP) is 2.12. The number of benzene rings is 2. The Labute approximate surface area is 186 Å². The van der Waals surface area contributed by atoms with Crippen LogP contribution in [0.3, 0.4) is 0 Å². The number of hydrogen-bond acceptors (Lipinski definition) is 6. The summed E-state index contributed by atoms with van der Waals surface area (Å²) >= 11 is 0. The summed E-state index contributed by atoms with van der Waals surface area (Å²) in [6, 6.07) is 12.5. The normalized spacial score (nSPS) is 17.5. The summed E-state index contributed by atoms with van der Waals surface area (Å²) in [6.45, 7) is 5.49. The van der Waals surface area contributed by atoms with E-state index in [1.807, 2.05) is 11.8 Å². The van der Waals surface area contributed by atoms with E-state index in [1.165, 1.54) is 29.2 Å². The highest BCUT2D eigenvalue weighted by Crippen LogP contribution is 2.35. The smallest absolute Gasteiger partial charge is 0.282 e. The number of rotatable bonds is 7. The first-order valence-electron chi connectivity index (χ1n) is 10.7. The van der Waals surface area contributed by atoms with E-state index in [1.54, 1.807) is 24.3 Å². The molecule has 7 nitrogen and oxygen atoms in total. The maximum absolute atomic E-state index is 13.5. The fraction of sp³-hybridized carbons (Fsp3) is 0.333. The Morgan fingerprint density at radius 1 is 0.938 bits per heavy atom. The number of aliphatic hydroxyl groups excluding tert-OH is 1. The van der Waals surface area contributed by atoms with Crippen LogP contribution in [0.1, 0.15) is 12.5 Å². The molecule has 8 heteroatoms. The minimum atomic E-state index is -0.432. The molecule has 168 valence electrons. The molecule has 0 unspecified atom stereocenters. The third-order valence-electron chi connectivity index (χ3n) is 5.70. The number of carbonyl (C=O) groups excluding carboxylic acids is 2. The van der Waals surface area contributed by atoms with Crippen molar-refractivity contribution in [1.82, 2.24) is 9.80 Å². The molecular formula is C24H26FN3O4. The van der Waals surface area contributed by atoms with E-state index in [0.29, 0.717) is 62.0 Å². The summed E-state index contributed by atoms with van der Waals surface area (Å²) in [5, 5.41) is 9.19. The lowest BCUT2D eigenvalue weighted by molar-refractivity contribution is -0.120. The Morgan fingerprint density at radius 2 is 1.59 bits per heavy atom. The van der Waals surface area contributed by atoms with Crippen LogP contribution in [0.2, 0.25) is 0 Å². The van der Waals surface area contributed by atoms with Crippen molar-refractivity contribution in [2.45, 2.75) is 6.92 Å². The maximum Gasteiger partial charge on any atom is 0.282 e. The molecule has 0 saturated carbocycles.